The third-order valence-electron chi connectivity index (χ3n) is 3.63. The number of carbonyl (C=O) groups is 1. The second kappa shape index (κ2) is 7.36. The van der Waals surface area contributed by atoms with Gasteiger partial charge < -0.3 is 15.0 Å². The summed E-state index contributed by atoms with van der Waals surface area (Å²) in [4.78, 5) is 22.9. The van der Waals surface area contributed by atoms with Crippen molar-refractivity contribution in [2.45, 2.75) is 45.8 Å². The first kappa shape index (κ1) is 15.7. The number of amides is 1. The van der Waals surface area contributed by atoms with Crippen molar-refractivity contribution < 1.29 is 9.53 Å². The molecule has 0 bridgehead atoms. The molecule has 0 saturated carbocycles. The molecule has 116 valence electrons. The highest BCUT2D eigenvalue weighted by Crippen LogP contribution is 2.17. The standard InChI is InChI=1S/C15H24N4O2/c1-4-6-16-14-8-17-13(7-18-14)15(20)19-9-11(3)21-10-12(19)5-2/h7-8,11-12H,4-6,9-10H2,1-3H3,(H,16,18). The Balaban J connectivity index is 2.07. The molecule has 2 atom stereocenters. The van der Waals surface area contributed by atoms with E-state index < -0.39 is 0 Å². The summed E-state index contributed by atoms with van der Waals surface area (Å²) in [6.07, 6.45) is 5.13. The van der Waals surface area contributed by atoms with Crippen molar-refractivity contribution in [1.82, 2.24) is 14.9 Å². The summed E-state index contributed by atoms with van der Waals surface area (Å²) in [5.74, 6) is 0.641. The van der Waals surface area contributed by atoms with Crippen LogP contribution in [0, 0.1) is 0 Å². The van der Waals surface area contributed by atoms with Crippen molar-refractivity contribution in [3.63, 3.8) is 0 Å². The topological polar surface area (TPSA) is 67.4 Å². The first-order valence-electron chi connectivity index (χ1n) is 7.64. The minimum Gasteiger partial charge on any atom is -0.375 e. The van der Waals surface area contributed by atoms with E-state index >= 15 is 0 Å². The lowest BCUT2D eigenvalue weighted by Gasteiger charge is -2.38. The fourth-order valence-electron chi connectivity index (χ4n) is 2.36. The number of anilines is 1. The van der Waals surface area contributed by atoms with Crippen LogP contribution in [0.5, 0.6) is 0 Å². The number of nitrogens with one attached hydrogen (secondary N) is 1. The summed E-state index contributed by atoms with van der Waals surface area (Å²) < 4.78 is 5.62. The Morgan fingerprint density at radius 2 is 2.24 bits per heavy atom. The summed E-state index contributed by atoms with van der Waals surface area (Å²) in [7, 11) is 0. The van der Waals surface area contributed by atoms with Crippen LogP contribution in [0.1, 0.15) is 44.1 Å². The number of morpholine rings is 1. The average molecular weight is 292 g/mol. The molecule has 0 aliphatic carbocycles. The zero-order chi connectivity index (χ0) is 15.2. The lowest BCUT2D eigenvalue weighted by molar-refractivity contribution is -0.0446. The molecule has 1 aromatic rings. The maximum atomic E-state index is 12.6. The van der Waals surface area contributed by atoms with Crippen LogP contribution in [0.15, 0.2) is 12.4 Å². The van der Waals surface area contributed by atoms with Gasteiger partial charge in [-0.1, -0.05) is 13.8 Å². The second-order valence-corrected chi connectivity index (χ2v) is 5.38. The highest BCUT2D eigenvalue weighted by Gasteiger charge is 2.30. The predicted octanol–water partition coefficient (Wildman–Crippen LogP) is 1.94. The largest absolute Gasteiger partial charge is 0.375 e. The third kappa shape index (κ3) is 3.91. The molecule has 1 aromatic heterocycles. The Hall–Kier alpha value is -1.69. The first-order chi connectivity index (χ1) is 10.2. The van der Waals surface area contributed by atoms with Gasteiger partial charge in [-0.3, -0.25) is 4.79 Å². The summed E-state index contributed by atoms with van der Waals surface area (Å²) in [6, 6.07) is 0.119. The molecule has 2 rings (SSSR count). The maximum absolute atomic E-state index is 12.6. The van der Waals surface area contributed by atoms with E-state index in [1.54, 1.807) is 12.4 Å². The second-order valence-electron chi connectivity index (χ2n) is 5.38. The molecule has 0 spiro atoms. The Bertz CT molecular complexity index is 463. The van der Waals surface area contributed by atoms with E-state index in [9.17, 15) is 4.79 Å². The minimum absolute atomic E-state index is 0.0634. The minimum atomic E-state index is -0.0634. The van der Waals surface area contributed by atoms with Gasteiger partial charge in [0.2, 0.25) is 0 Å². The molecule has 21 heavy (non-hydrogen) atoms. The van der Waals surface area contributed by atoms with Gasteiger partial charge >= 0.3 is 0 Å². The van der Waals surface area contributed by atoms with E-state index in [0.717, 1.165) is 19.4 Å². The number of rotatable bonds is 5. The van der Waals surface area contributed by atoms with Crippen LogP contribution in [0.2, 0.25) is 0 Å². The van der Waals surface area contributed by atoms with Crippen molar-refractivity contribution in [1.29, 1.82) is 0 Å². The van der Waals surface area contributed by atoms with E-state index in [-0.39, 0.29) is 18.1 Å². The van der Waals surface area contributed by atoms with Gasteiger partial charge in [-0.2, -0.15) is 0 Å². The lowest BCUT2D eigenvalue weighted by Crippen LogP contribution is -2.51. The van der Waals surface area contributed by atoms with Crippen molar-refractivity contribution in [3.05, 3.63) is 18.1 Å². The van der Waals surface area contributed by atoms with Crippen molar-refractivity contribution in [2.24, 2.45) is 0 Å². The van der Waals surface area contributed by atoms with Crippen LogP contribution in [-0.4, -0.2) is 52.6 Å². The molecule has 1 aliphatic heterocycles. The fourth-order valence-corrected chi connectivity index (χ4v) is 2.36. The Morgan fingerprint density at radius 1 is 1.43 bits per heavy atom. The van der Waals surface area contributed by atoms with E-state index in [2.05, 4.69) is 29.1 Å². The highest BCUT2D eigenvalue weighted by molar-refractivity contribution is 5.92. The zero-order valence-electron chi connectivity index (χ0n) is 13.0. The van der Waals surface area contributed by atoms with Gasteiger partial charge in [0.15, 0.2) is 0 Å². The first-order valence-corrected chi connectivity index (χ1v) is 7.64. The predicted molar refractivity (Wildman–Crippen MR) is 81.3 cm³/mol. The van der Waals surface area contributed by atoms with E-state index in [0.29, 0.717) is 24.7 Å². The molecule has 2 unspecified atom stereocenters. The van der Waals surface area contributed by atoms with E-state index in [4.69, 9.17) is 4.74 Å². The van der Waals surface area contributed by atoms with E-state index in [1.165, 1.54) is 0 Å². The van der Waals surface area contributed by atoms with Gasteiger partial charge in [0.05, 0.1) is 31.1 Å². The van der Waals surface area contributed by atoms with Gasteiger partial charge in [-0.15, -0.1) is 0 Å². The Kier molecular flexibility index (Phi) is 5.50. The SMILES string of the molecule is CCCNc1cnc(C(=O)N2CC(C)OCC2CC)cn1. The summed E-state index contributed by atoms with van der Waals surface area (Å²) in [6.45, 7) is 8.18. The number of carbonyl (C=O) groups excluding carboxylic acids is 1. The summed E-state index contributed by atoms with van der Waals surface area (Å²) in [5, 5.41) is 3.15. The van der Waals surface area contributed by atoms with Gasteiger partial charge in [0.1, 0.15) is 11.5 Å². The number of hydrogen-bond acceptors (Lipinski definition) is 5. The van der Waals surface area contributed by atoms with Gasteiger partial charge in [-0.25, -0.2) is 9.97 Å². The molecule has 0 aromatic carbocycles. The van der Waals surface area contributed by atoms with Gasteiger partial charge in [0, 0.05) is 13.1 Å². The fraction of sp³-hybridized carbons (Fsp3) is 0.667. The molecule has 0 radical (unpaired) electrons. The molecular weight excluding hydrogens is 268 g/mol. The van der Waals surface area contributed by atoms with Crippen LogP contribution in [-0.2, 0) is 4.74 Å². The molecule has 2 heterocycles. The quantitative estimate of drug-likeness (QED) is 0.898. The van der Waals surface area contributed by atoms with Crippen LogP contribution >= 0.6 is 0 Å². The number of nitrogens with zero attached hydrogens (tertiary/aromatic N) is 3. The van der Waals surface area contributed by atoms with Gasteiger partial charge in [0.25, 0.3) is 5.91 Å². The normalized spacial score (nSPS) is 22.1. The molecule has 1 saturated heterocycles. The van der Waals surface area contributed by atoms with Crippen LogP contribution in [0.25, 0.3) is 0 Å². The average Bonchev–Trinajstić information content (AvgIpc) is 2.52. The van der Waals surface area contributed by atoms with Crippen LogP contribution in [0.4, 0.5) is 5.82 Å². The lowest BCUT2D eigenvalue weighted by atomic mass is 10.1. The third-order valence-corrected chi connectivity index (χ3v) is 3.63. The molecule has 1 aliphatic rings. The van der Waals surface area contributed by atoms with Crippen molar-refractivity contribution in [3.8, 4) is 0 Å². The molecule has 1 amide bonds. The van der Waals surface area contributed by atoms with Crippen molar-refractivity contribution in [2.75, 3.05) is 25.0 Å². The Labute approximate surface area is 125 Å². The number of ether oxygens (including phenoxy) is 1. The number of aromatic nitrogens is 2. The molecule has 6 heteroatoms. The monoisotopic (exact) mass is 292 g/mol. The smallest absolute Gasteiger partial charge is 0.274 e. The zero-order valence-corrected chi connectivity index (χ0v) is 13.0. The summed E-state index contributed by atoms with van der Waals surface area (Å²) >= 11 is 0. The van der Waals surface area contributed by atoms with Crippen LogP contribution < -0.4 is 5.32 Å². The van der Waals surface area contributed by atoms with Crippen molar-refractivity contribution >= 4 is 11.7 Å². The molecule has 1 N–H and O–H groups in total. The molecular formula is C15H24N4O2. The molecule has 6 nitrogen and oxygen atoms in total. The molecule has 1 fully saturated rings. The maximum Gasteiger partial charge on any atom is 0.274 e. The number of hydrogen-bond donors (Lipinski definition) is 1. The summed E-state index contributed by atoms with van der Waals surface area (Å²) in [5.41, 5.74) is 0.393. The Morgan fingerprint density at radius 3 is 2.86 bits per heavy atom. The van der Waals surface area contributed by atoms with Gasteiger partial charge in [-0.05, 0) is 19.8 Å². The van der Waals surface area contributed by atoms with Crippen LogP contribution in [0.3, 0.4) is 0 Å². The van der Waals surface area contributed by atoms with E-state index in [1.807, 2.05) is 11.8 Å². The highest BCUT2D eigenvalue weighted by atomic mass is 16.5.